The molecule has 0 bridgehead atoms. The van der Waals surface area contributed by atoms with E-state index in [1.807, 2.05) is 32.0 Å². The van der Waals surface area contributed by atoms with E-state index in [0.717, 1.165) is 5.56 Å². The number of nitrogen functional groups attached to an aromatic ring is 1. The number of aryl methyl sites for hydroxylation is 1. The Kier molecular flexibility index (Phi) is 5.85. The van der Waals surface area contributed by atoms with Gasteiger partial charge in [0.05, 0.1) is 17.1 Å². The number of carbonyl (C=O) groups excluding carboxylic acids is 1. The molecule has 0 aliphatic carbocycles. The maximum atomic E-state index is 12.4. The Morgan fingerprint density at radius 1 is 1.26 bits per heavy atom. The van der Waals surface area contributed by atoms with E-state index in [9.17, 15) is 4.79 Å². The van der Waals surface area contributed by atoms with Crippen LogP contribution in [0.2, 0.25) is 0 Å². The van der Waals surface area contributed by atoms with Crippen LogP contribution in [0.5, 0.6) is 0 Å². The van der Waals surface area contributed by atoms with Crippen molar-refractivity contribution in [3.05, 3.63) is 54.0 Å². The predicted molar refractivity (Wildman–Crippen MR) is 106 cm³/mol. The van der Waals surface area contributed by atoms with Gasteiger partial charge in [0.1, 0.15) is 5.76 Å². The van der Waals surface area contributed by atoms with E-state index in [2.05, 4.69) is 34.6 Å². The zero-order chi connectivity index (χ0) is 19.4. The summed E-state index contributed by atoms with van der Waals surface area (Å²) in [5.41, 5.74) is 1.98. The highest BCUT2D eigenvalue weighted by atomic mass is 32.2. The molecule has 3 rings (SSSR count). The lowest BCUT2D eigenvalue weighted by atomic mass is 10.0. The van der Waals surface area contributed by atoms with Crippen LogP contribution in [0.1, 0.15) is 31.1 Å². The third-order valence-corrected chi connectivity index (χ3v) is 5.42. The number of carbonyl (C=O) groups is 1. The standard InChI is InChI=1S/C19H23N5O2S/c1-12(15-7-5-4-6-8-15)11-21-18(25)14(3)27-19-23-22-17(24(19)20)16-9-10-26-13(16)2/h4-10,12,14H,11,20H2,1-3H3,(H,21,25). The molecule has 0 saturated heterocycles. The van der Waals surface area contributed by atoms with Gasteiger partial charge in [-0.05, 0) is 31.4 Å². The second-order valence-electron chi connectivity index (χ2n) is 6.38. The summed E-state index contributed by atoms with van der Waals surface area (Å²) in [7, 11) is 0. The van der Waals surface area contributed by atoms with Crippen LogP contribution in [0, 0.1) is 6.92 Å². The molecule has 2 atom stereocenters. The van der Waals surface area contributed by atoms with Crippen LogP contribution < -0.4 is 11.2 Å². The largest absolute Gasteiger partial charge is 0.469 e. The first-order chi connectivity index (χ1) is 13.0. The molecule has 0 fully saturated rings. The van der Waals surface area contributed by atoms with Gasteiger partial charge in [0, 0.05) is 6.54 Å². The highest BCUT2D eigenvalue weighted by Gasteiger charge is 2.21. The predicted octanol–water partition coefficient (Wildman–Crippen LogP) is 2.96. The molecule has 2 heterocycles. The summed E-state index contributed by atoms with van der Waals surface area (Å²) >= 11 is 1.27. The number of hydrogen-bond donors (Lipinski definition) is 2. The van der Waals surface area contributed by atoms with Gasteiger partial charge in [-0.15, -0.1) is 10.2 Å². The number of rotatable bonds is 7. The second-order valence-corrected chi connectivity index (χ2v) is 7.69. The van der Waals surface area contributed by atoms with E-state index in [1.54, 1.807) is 12.3 Å². The van der Waals surface area contributed by atoms with Crippen molar-refractivity contribution in [3.8, 4) is 11.4 Å². The van der Waals surface area contributed by atoms with Crippen molar-refractivity contribution in [2.75, 3.05) is 12.4 Å². The third kappa shape index (κ3) is 4.33. The molecule has 2 unspecified atom stereocenters. The van der Waals surface area contributed by atoms with Crippen molar-refractivity contribution >= 4 is 17.7 Å². The molecule has 7 nitrogen and oxygen atoms in total. The Labute approximate surface area is 162 Å². The molecule has 2 aromatic heterocycles. The second kappa shape index (κ2) is 8.30. The molecule has 1 aromatic carbocycles. The summed E-state index contributed by atoms with van der Waals surface area (Å²) < 4.78 is 6.67. The summed E-state index contributed by atoms with van der Waals surface area (Å²) in [4.78, 5) is 12.4. The molecule has 0 radical (unpaired) electrons. The molecular formula is C19H23N5O2S. The highest BCUT2D eigenvalue weighted by Crippen LogP contribution is 2.27. The van der Waals surface area contributed by atoms with Gasteiger partial charge in [-0.3, -0.25) is 4.79 Å². The summed E-state index contributed by atoms with van der Waals surface area (Å²) in [6.45, 7) is 6.32. The van der Waals surface area contributed by atoms with Crippen molar-refractivity contribution in [2.24, 2.45) is 0 Å². The maximum Gasteiger partial charge on any atom is 0.233 e. The number of amides is 1. The number of furan rings is 1. The normalized spacial score (nSPS) is 13.3. The molecule has 1 amide bonds. The van der Waals surface area contributed by atoms with Crippen LogP contribution >= 0.6 is 11.8 Å². The third-order valence-electron chi connectivity index (χ3n) is 4.37. The fraction of sp³-hybridized carbons (Fsp3) is 0.316. The van der Waals surface area contributed by atoms with Gasteiger partial charge in [0.25, 0.3) is 0 Å². The number of nitrogens with two attached hydrogens (primary N) is 1. The molecule has 8 heteroatoms. The Hall–Kier alpha value is -2.74. The van der Waals surface area contributed by atoms with Crippen LogP contribution in [0.15, 0.2) is 52.2 Å². The fourth-order valence-electron chi connectivity index (χ4n) is 2.67. The van der Waals surface area contributed by atoms with Crippen LogP contribution in [-0.2, 0) is 4.79 Å². The molecular weight excluding hydrogens is 362 g/mol. The molecule has 0 aliphatic heterocycles. The molecule has 3 aromatic rings. The Morgan fingerprint density at radius 3 is 2.67 bits per heavy atom. The number of nitrogens with one attached hydrogen (secondary N) is 1. The van der Waals surface area contributed by atoms with Gasteiger partial charge < -0.3 is 15.6 Å². The fourth-order valence-corrected chi connectivity index (χ4v) is 3.46. The van der Waals surface area contributed by atoms with Gasteiger partial charge >= 0.3 is 0 Å². The molecule has 3 N–H and O–H groups in total. The number of aromatic nitrogens is 3. The van der Waals surface area contributed by atoms with Crippen LogP contribution in [0.4, 0.5) is 0 Å². The van der Waals surface area contributed by atoms with E-state index in [-0.39, 0.29) is 17.1 Å². The Bertz CT molecular complexity index is 906. The van der Waals surface area contributed by atoms with Crippen LogP contribution in [-0.4, -0.2) is 32.6 Å². The topological polar surface area (TPSA) is 99.0 Å². The monoisotopic (exact) mass is 385 g/mol. The molecule has 0 saturated carbocycles. The van der Waals surface area contributed by atoms with Crippen molar-refractivity contribution in [1.29, 1.82) is 0 Å². The quantitative estimate of drug-likeness (QED) is 0.479. The molecule has 0 spiro atoms. The summed E-state index contributed by atoms with van der Waals surface area (Å²) in [5.74, 6) is 7.50. The minimum Gasteiger partial charge on any atom is -0.469 e. The van der Waals surface area contributed by atoms with Crippen molar-refractivity contribution in [3.63, 3.8) is 0 Å². The minimum atomic E-state index is -0.349. The first kappa shape index (κ1) is 19.0. The molecule has 27 heavy (non-hydrogen) atoms. The van der Waals surface area contributed by atoms with Gasteiger partial charge in [0.2, 0.25) is 11.1 Å². The van der Waals surface area contributed by atoms with Gasteiger partial charge in [-0.25, -0.2) is 4.68 Å². The van der Waals surface area contributed by atoms with E-state index >= 15 is 0 Å². The van der Waals surface area contributed by atoms with Gasteiger partial charge in [-0.2, -0.15) is 0 Å². The lowest BCUT2D eigenvalue weighted by Crippen LogP contribution is -2.33. The van der Waals surface area contributed by atoms with E-state index in [4.69, 9.17) is 10.3 Å². The number of benzene rings is 1. The van der Waals surface area contributed by atoms with E-state index < -0.39 is 0 Å². The SMILES string of the molecule is Cc1occc1-c1nnc(SC(C)C(=O)NCC(C)c2ccccc2)n1N. The lowest BCUT2D eigenvalue weighted by Gasteiger charge is -2.15. The van der Waals surface area contributed by atoms with Crippen LogP contribution in [0.25, 0.3) is 11.4 Å². The molecule has 0 aliphatic rings. The Morgan fingerprint density at radius 2 is 2.00 bits per heavy atom. The highest BCUT2D eigenvalue weighted by molar-refractivity contribution is 8.00. The number of hydrogen-bond acceptors (Lipinski definition) is 6. The average molecular weight is 385 g/mol. The zero-order valence-corrected chi connectivity index (χ0v) is 16.4. The number of thioether (sulfide) groups is 1. The molecule has 142 valence electrons. The number of nitrogens with zero attached hydrogens (tertiary/aromatic N) is 3. The Balaban J connectivity index is 1.59. The summed E-state index contributed by atoms with van der Waals surface area (Å²) in [5, 5.41) is 11.3. The maximum absolute atomic E-state index is 12.4. The first-order valence-corrected chi connectivity index (χ1v) is 9.59. The zero-order valence-electron chi connectivity index (χ0n) is 15.5. The minimum absolute atomic E-state index is 0.0631. The van der Waals surface area contributed by atoms with Crippen molar-refractivity contribution < 1.29 is 9.21 Å². The van der Waals surface area contributed by atoms with E-state index in [1.165, 1.54) is 22.0 Å². The smallest absolute Gasteiger partial charge is 0.233 e. The van der Waals surface area contributed by atoms with E-state index in [0.29, 0.717) is 23.3 Å². The van der Waals surface area contributed by atoms with Crippen LogP contribution in [0.3, 0.4) is 0 Å². The van der Waals surface area contributed by atoms with Gasteiger partial charge in [-0.1, -0.05) is 49.0 Å². The lowest BCUT2D eigenvalue weighted by molar-refractivity contribution is -0.120. The first-order valence-electron chi connectivity index (χ1n) is 8.71. The average Bonchev–Trinajstić information content (AvgIpc) is 3.25. The summed E-state index contributed by atoms with van der Waals surface area (Å²) in [6, 6.07) is 11.9. The summed E-state index contributed by atoms with van der Waals surface area (Å²) in [6.07, 6.45) is 1.58. The van der Waals surface area contributed by atoms with Gasteiger partial charge in [0.15, 0.2) is 5.82 Å². The van der Waals surface area contributed by atoms with Crippen molar-refractivity contribution in [1.82, 2.24) is 20.2 Å². The van der Waals surface area contributed by atoms with Crippen molar-refractivity contribution in [2.45, 2.75) is 37.1 Å².